The molecule has 3 N–H and O–H groups in total. The van der Waals surface area contributed by atoms with Crippen LogP contribution in [0.4, 0.5) is 0 Å². The highest BCUT2D eigenvalue weighted by Crippen LogP contribution is 2.60. The maximum absolute atomic E-state index is 12.7. The number of nitrogens with one attached hydrogen (secondary N) is 2. The van der Waals surface area contributed by atoms with Crippen molar-refractivity contribution in [2.45, 2.75) is 61.8 Å². The summed E-state index contributed by atoms with van der Waals surface area (Å²) in [6.45, 7) is 0. The van der Waals surface area contributed by atoms with E-state index < -0.39 is 15.6 Å². The zero-order valence-corrected chi connectivity index (χ0v) is 16.6. The Labute approximate surface area is 163 Å². The Bertz CT molecular complexity index is 971. The number of hydrogen-bond acceptors (Lipinski definition) is 4. The molecule has 3 aliphatic rings. The van der Waals surface area contributed by atoms with E-state index in [-0.39, 0.29) is 23.1 Å². The molecule has 27 heavy (non-hydrogen) atoms. The highest BCUT2D eigenvalue weighted by atomic mass is 35.5. The van der Waals surface area contributed by atoms with Crippen LogP contribution in [-0.4, -0.2) is 35.0 Å². The topological polar surface area (TPSA) is 95.1 Å². The van der Waals surface area contributed by atoms with Crippen LogP contribution in [0.3, 0.4) is 0 Å². The van der Waals surface area contributed by atoms with E-state index in [1.54, 1.807) is 12.3 Å². The summed E-state index contributed by atoms with van der Waals surface area (Å²) >= 11 is 6.22. The smallest absolute Gasteiger partial charge is 0.214 e. The molecular formula is C19H24ClN3O3S. The quantitative estimate of drug-likeness (QED) is 0.723. The van der Waals surface area contributed by atoms with Crippen molar-refractivity contribution in [1.29, 1.82) is 0 Å². The molecule has 1 aromatic heterocycles. The van der Waals surface area contributed by atoms with Gasteiger partial charge in [-0.2, -0.15) is 5.10 Å². The van der Waals surface area contributed by atoms with Gasteiger partial charge in [-0.3, -0.25) is 5.10 Å². The van der Waals surface area contributed by atoms with E-state index in [0.29, 0.717) is 17.9 Å². The lowest BCUT2D eigenvalue weighted by Gasteiger charge is -2.28. The van der Waals surface area contributed by atoms with Crippen LogP contribution in [0.2, 0.25) is 5.02 Å². The van der Waals surface area contributed by atoms with Crippen molar-refractivity contribution in [3.8, 4) is 0 Å². The molecule has 0 bridgehead atoms. The van der Waals surface area contributed by atoms with Gasteiger partial charge in [0.1, 0.15) is 0 Å². The number of aromatic amines is 1. The Morgan fingerprint density at radius 2 is 1.89 bits per heavy atom. The number of H-pyrrole nitrogens is 1. The Hall–Kier alpha value is -1.15. The molecule has 0 amide bonds. The second kappa shape index (κ2) is 6.17. The molecular weight excluding hydrogens is 386 g/mol. The van der Waals surface area contributed by atoms with E-state index in [2.05, 4.69) is 14.9 Å². The summed E-state index contributed by atoms with van der Waals surface area (Å²) < 4.78 is 28.3. The molecule has 2 unspecified atom stereocenters. The van der Waals surface area contributed by atoms with Gasteiger partial charge in [0, 0.05) is 16.5 Å². The maximum Gasteiger partial charge on any atom is 0.214 e. The molecule has 6 nitrogen and oxygen atoms in total. The largest absolute Gasteiger partial charge is 0.385 e. The van der Waals surface area contributed by atoms with E-state index in [1.165, 1.54) is 0 Å². The minimum absolute atomic E-state index is 0.0313. The fourth-order valence-corrected chi connectivity index (χ4v) is 7.42. The SMILES string of the molecule is O=S(=O)(NC1C2CC(O)(c3cc(Cl)cc4[nH]ncc34)CC21)C1CCCCC1. The molecule has 0 radical (unpaired) electrons. The molecule has 2 atom stereocenters. The van der Waals surface area contributed by atoms with Gasteiger partial charge in [-0.1, -0.05) is 30.9 Å². The number of hydrogen-bond donors (Lipinski definition) is 3. The van der Waals surface area contributed by atoms with Crippen LogP contribution in [0, 0.1) is 11.8 Å². The number of halogens is 1. The van der Waals surface area contributed by atoms with Gasteiger partial charge in [0.05, 0.1) is 22.6 Å². The highest BCUT2D eigenvalue weighted by Gasteiger charge is 2.63. The van der Waals surface area contributed by atoms with Gasteiger partial charge in [0.25, 0.3) is 0 Å². The van der Waals surface area contributed by atoms with Crippen molar-refractivity contribution in [2.75, 3.05) is 0 Å². The summed E-state index contributed by atoms with van der Waals surface area (Å²) in [6.07, 6.45) is 7.48. The van der Waals surface area contributed by atoms with Crippen LogP contribution in [0.25, 0.3) is 10.9 Å². The van der Waals surface area contributed by atoms with E-state index in [9.17, 15) is 13.5 Å². The van der Waals surface area contributed by atoms with Crippen molar-refractivity contribution < 1.29 is 13.5 Å². The van der Waals surface area contributed by atoms with Gasteiger partial charge in [-0.15, -0.1) is 0 Å². The van der Waals surface area contributed by atoms with E-state index >= 15 is 0 Å². The minimum Gasteiger partial charge on any atom is -0.385 e. The average molecular weight is 410 g/mol. The molecule has 0 saturated heterocycles. The maximum atomic E-state index is 12.7. The molecule has 3 saturated carbocycles. The first kappa shape index (κ1) is 17.9. The fraction of sp³-hybridized carbons (Fsp3) is 0.632. The first-order valence-electron chi connectivity index (χ1n) is 9.74. The van der Waals surface area contributed by atoms with Crippen molar-refractivity contribution in [3.05, 3.63) is 28.9 Å². The van der Waals surface area contributed by atoms with Gasteiger partial charge in [-0.05, 0) is 55.2 Å². The van der Waals surface area contributed by atoms with Gasteiger partial charge in [0.15, 0.2) is 0 Å². The second-order valence-electron chi connectivity index (χ2n) is 8.50. The van der Waals surface area contributed by atoms with Crippen molar-refractivity contribution >= 4 is 32.5 Å². The first-order valence-corrected chi connectivity index (χ1v) is 11.7. The molecule has 5 rings (SSSR count). The zero-order chi connectivity index (χ0) is 18.8. The van der Waals surface area contributed by atoms with Crippen LogP contribution in [0.5, 0.6) is 0 Å². The first-order chi connectivity index (χ1) is 12.9. The summed E-state index contributed by atoms with van der Waals surface area (Å²) in [5.41, 5.74) is 0.621. The molecule has 0 spiro atoms. The Balaban J connectivity index is 1.32. The number of aliphatic hydroxyl groups is 1. The van der Waals surface area contributed by atoms with E-state index in [1.807, 2.05) is 6.07 Å². The lowest BCUT2D eigenvalue weighted by atomic mass is 9.86. The summed E-state index contributed by atoms with van der Waals surface area (Å²) in [4.78, 5) is 0. The number of rotatable bonds is 4. The summed E-state index contributed by atoms with van der Waals surface area (Å²) in [5, 5.41) is 19.5. The number of nitrogens with zero attached hydrogens (tertiary/aromatic N) is 1. The van der Waals surface area contributed by atoms with E-state index in [0.717, 1.165) is 48.6 Å². The average Bonchev–Trinajstić information content (AvgIpc) is 3.02. The number of fused-ring (bicyclic) bond motifs is 2. The van der Waals surface area contributed by atoms with Gasteiger partial charge < -0.3 is 5.11 Å². The zero-order valence-electron chi connectivity index (χ0n) is 15.0. The lowest BCUT2D eigenvalue weighted by molar-refractivity contribution is 0.0303. The minimum atomic E-state index is -3.26. The second-order valence-corrected chi connectivity index (χ2v) is 10.9. The third kappa shape index (κ3) is 2.99. The third-order valence-corrected chi connectivity index (χ3v) is 8.96. The molecule has 3 aliphatic carbocycles. The normalized spacial score (nSPS) is 34.1. The van der Waals surface area contributed by atoms with Crippen molar-refractivity contribution in [1.82, 2.24) is 14.9 Å². The molecule has 1 aromatic carbocycles. The molecule has 146 valence electrons. The summed E-state index contributed by atoms with van der Waals surface area (Å²) in [6, 6.07) is 3.58. The van der Waals surface area contributed by atoms with E-state index in [4.69, 9.17) is 11.6 Å². The summed E-state index contributed by atoms with van der Waals surface area (Å²) in [7, 11) is -3.26. The molecule has 1 heterocycles. The molecule has 2 aromatic rings. The molecule has 3 fully saturated rings. The van der Waals surface area contributed by atoms with Crippen LogP contribution in [0.15, 0.2) is 18.3 Å². The number of sulfonamides is 1. The predicted octanol–water partition coefficient (Wildman–Crippen LogP) is 3.06. The highest BCUT2D eigenvalue weighted by molar-refractivity contribution is 7.90. The van der Waals surface area contributed by atoms with Gasteiger partial charge in [-0.25, -0.2) is 13.1 Å². The van der Waals surface area contributed by atoms with Crippen molar-refractivity contribution in [2.24, 2.45) is 11.8 Å². The number of aromatic nitrogens is 2. The standard InChI is InChI=1S/C19H24ClN3O3S/c20-11-6-16(15-10-21-22-17(15)7-11)19(24)8-13-14(9-19)18(13)23-27(25,26)12-4-2-1-3-5-12/h6-7,10,12-14,18,23-24H,1-5,8-9H2,(H,21,22). The predicted molar refractivity (Wildman–Crippen MR) is 104 cm³/mol. The number of benzene rings is 1. The fourth-order valence-electron chi connectivity index (χ4n) is 5.32. The monoisotopic (exact) mass is 409 g/mol. The lowest BCUT2D eigenvalue weighted by Crippen LogP contribution is -2.39. The van der Waals surface area contributed by atoms with Gasteiger partial charge in [0.2, 0.25) is 10.0 Å². The van der Waals surface area contributed by atoms with Crippen LogP contribution in [0.1, 0.15) is 50.5 Å². The molecule has 0 aliphatic heterocycles. The van der Waals surface area contributed by atoms with Crippen molar-refractivity contribution in [3.63, 3.8) is 0 Å². The van der Waals surface area contributed by atoms with Crippen LogP contribution < -0.4 is 4.72 Å². The Morgan fingerprint density at radius 1 is 1.19 bits per heavy atom. The van der Waals surface area contributed by atoms with Crippen LogP contribution in [-0.2, 0) is 15.6 Å². The molecule has 8 heteroatoms. The van der Waals surface area contributed by atoms with Crippen LogP contribution >= 0.6 is 11.6 Å². The third-order valence-electron chi connectivity index (χ3n) is 6.79. The summed E-state index contributed by atoms with van der Waals surface area (Å²) in [5.74, 6) is 0.378. The Morgan fingerprint density at radius 3 is 2.59 bits per heavy atom. The van der Waals surface area contributed by atoms with Gasteiger partial charge >= 0.3 is 0 Å². The Kier molecular flexibility index (Phi) is 4.10.